The zero-order valence-corrected chi connectivity index (χ0v) is 17.8. The van der Waals surface area contributed by atoms with Crippen molar-refractivity contribution < 1.29 is 13.9 Å². The van der Waals surface area contributed by atoms with Crippen molar-refractivity contribution in [2.24, 2.45) is 5.73 Å². The number of carbonyl (C=O) groups excluding carboxylic acids is 1. The third kappa shape index (κ3) is 3.74. The first-order chi connectivity index (χ1) is 15.5. The first-order valence-electron chi connectivity index (χ1n) is 10.2. The quantitative estimate of drug-likeness (QED) is 0.498. The largest absolute Gasteiger partial charge is 0.381 e. The van der Waals surface area contributed by atoms with Gasteiger partial charge in [0.1, 0.15) is 11.5 Å². The lowest BCUT2D eigenvalue weighted by Crippen LogP contribution is -2.20. The SMILES string of the molecule is NC(=O)Cc1cnc2ccc(-c3c(-c4ccc(F)c(Cl)c4)ncn3C3CCOCC3)nn12. The van der Waals surface area contributed by atoms with Gasteiger partial charge in [-0.05, 0) is 43.2 Å². The standard InChI is InChI=1S/C22H20ClFN6O2/c23-16-9-13(1-2-17(16)24)21-22(29(12-27-21)14-5-7-32-8-6-14)18-3-4-20-26-11-15(10-19(25)31)30(20)28-18/h1-4,9,11-12,14H,5-8,10H2,(H2,25,31). The molecule has 0 atom stereocenters. The monoisotopic (exact) mass is 454 g/mol. The van der Waals surface area contributed by atoms with E-state index in [0.29, 0.717) is 41.5 Å². The Bertz CT molecular complexity index is 1310. The van der Waals surface area contributed by atoms with Crippen LogP contribution in [0.2, 0.25) is 5.02 Å². The Morgan fingerprint density at radius 1 is 1.22 bits per heavy atom. The van der Waals surface area contributed by atoms with E-state index in [9.17, 15) is 9.18 Å². The Morgan fingerprint density at radius 2 is 2.03 bits per heavy atom. The summed E-state index contributed by atoms with van der Waals surface area (Å²) >= 11 is 6.05. The molecule has 1 amide bonds. The molecule has 1 saturated heterocycles. The summed E-state index contributed by atoms with van der Waals surface area (Å²) in [5, 5.41) is 4.78. The summed E-state index contributed by atoms with van der Waals surface area (Å²) in [5.41, 5.74) is 9.32. The Balaban J connectivity index is 1.69. The number of halogens is 2. The van der Waals surface area contributed by atoms with Gasteiger partial charge in [0.25, 0.3) is 0 Å². The normalized spacial score (nSPS) is 14.8. The van der Waals surface area contributed by atoms with Crippen LogP contribution in [-0.2, 0) is 16.0 Å². The molecule has 0 aliphatic carbocycles. The molecule has 8 nitrogen and oxygen atoms in total. The molecule has 2 N–H and O–H groups in total. The first-order valence-corrected chi connectivity index (χ1v) is 10.6. The maximum atomic E-state index is 13.8. The summed E-state index contributed by atoms with van der Waals surface area (Å²) in [4.78, 5) is 20.4. The van der Waals surface area contributed by atoms with E-state index in [1.165, 1.54) is 6.07 Å². The summed E-state index contributed by atoms with van der Waals surface area (Å²) in [6.07, 6.45) is 5.08. The third-order valence-electron chi connectivity index (χ3n) is 5.60. The molecule has 0 spiro atoms. The van der Waals surface area contributed by atoms with E-state index >= 15 is 0 Å². The second kappa shape index (κ2) is 8.33. The Hall–Kier alpha value is -3.30. The second-order valence-corrected chi connectivity index (χ2v) is 8.11. The third-order valence-corrected chi connectivity index (χ3v) is 5.89. The van der Waals surface area contributed by atoms with Crippen molar-refractivity contribution in [3.8, 4) is 22.6 Å². The lowest BCUT2D eigenvalue weighted by molar-refractivity contribution is -0.117. The molecule has 10 heteroatoms. The number of amides is 1. The lowest BCUT2D eigenvalue weighted by Gasteiger charge is -2.25. The number of carbonyl (C=O) groups is 1. The highest BCUT2D eigenvalue weighted by atomic mass is 35.5. The highest BCUT2D eigenvalue weighted by molar-refractivity contribution is 6.31. The number of benzene rings is 1. The topological polar surface area (TPSA) is 100 Å². The van der Waals surface area contributed by atoms with Gasteiger partial charge >= 0.3 is 0 Å². The number of ether oxygens (including phenoxy) is 1. The molecule has 5 rings (SSSR count). The molecule has 1 aliphatic heterocycles. The van der Waals surface area contributed by atoms with E-state index in [-0.39, 0.29) is 17.5 Å². The summed E-state index contributed by atoms with van der Waals surface area (Å²) < 4.78 is 23.0. The number of aromatic nitrogens is 5. The fourth-order valence-corrected chi connectivity index (χ4v) is 4.24. The molecular weight excluding hydrogens is 435 g/mol. The second-order valence-electron chi connectivity index (χ2n) is 7.70. The highest BCUT2D eigenvalue weighted by Gasteiger charge is 2.24. The number of hydrogen-bond donors (Lipinski definition) is 1. The van der Waals surface area contributed by atoms with E-state index in [2.05, 4.69) is 14.5 Å². The minimum absolute atomic E-state index is 0.0239. The number of hydrogen-bond acceptors (Lipinski definition) is 5. The smallest absolute Gasteiger partial charge is 0.223 e. The molecule has 0 saturated carbocycles. The zero-order chi connectivity index (χ0) is 22.2. The predicted octanol–water partition coefficient (Wildman–Crippen LogP) is 3.43. The molecule has 32 heavy (non-hydrogen) atoms. The molecule has 0 bridgehead atoms. The molecule has 4 aromatic rings. The summed E-state index contributed by atoms with van der Waals surface area (Å²) in [5.74, 6) is -0.956. The fraction of sp³-hybridized carbons (Fsp3) is 0.273. The van der Waals surface area contributed by atoms with Gasteiger partial charge in [-0.15, -0.1) is 0 Å². The molecule has 0 unspecified atom stereocenters. The van der Waals surface area contributed by atoms with Crippen molar-refractivity contribution in [3.63, 3.8) is 0 Å². The molecule has 4 heterocycles. The maximum absolute atomic E-state index is 13.8. The van der Waals surface area contributed by atoms with Crippen molar-refractivity contribution in [2.45, 2.75) is 25.3 Å². The fourth-order valence-electron chi connectivity index (χ4n) is 4.06. The number of rotatable bonds is 5. The van der Waals surface area contributed by atoms with E-state index in [4.69, 9.17) is 27.2 Å². The van der Waals surface area contributed by atoms with Gasteiger partial charge in [0.2, 0.25) is 5.91 Å². The number of imidazole rings is 2. The van der Waals surface area contributed by atoms with Crippen LogP contribution < -0.4 is 5.73 Å². The lowest BCUT2D eigenvalue weighted by atomic mass is 10.1. The minimum Gasteiger partial charge on any atom is -0.381 e. The molecular formula is C22H20ClFN6O2. The molecule has 164 valence electrons. The van der Waals surface area contributed by atoms with Gasteiger partial charge in [-0.3, -0.25) is 4.79 Å². The zero-order valence-electron chi connectivity index (χ0n) is 17.0. The summed E-state index contributed by atoms with van der Waals surface area (Å²) in [7, 11) is 0. The molecule has 1 aliphatic rings. The van der Waals surface area contributed by atoms with Crippen molar-refractivity contribution in [2.75, 3.05) is 13.2 Å². The van der Waals surface area contributed by atoms with Crippen LogP contribution in [0.3, 0.4) is 0 Å². The van der Waals surface area contributed by atoms with E-state index in [1.807, 2.05) is 12.1 Å². The highest BCUT2D eigenvalue weighted by Crippen LogP contribution is 2.36. The average molecular weight is 455 g/mol. The van der Waals surface area contributed by atoms with E-state index in [1.54, 1.807) is 29.2 Å². The van der Waals surface area contributed by atoms with Crippen LogP contribution in [0, 0.1) is 5.82 Å². The van der Waals surface area contributed by atoms with Crippen molar-refractivity contribution in [3.05, 3.63) is 59.4 Å². The van der Waals surface area contributed by atoms with Crippen LogP contribution in [0.5, 0.6) is 0 Å². The molecule has 3 aromatic heterocycles. The first kappa shape index (κ1) is 20.6. The number of nitrogens with two attached hydrogens (primary N) is 1. The van der Waals surface area contributed by atoms with Gasteiger partial charge in [0.05, 0.1) is 41.0 Å². The van der Waals surface area contributed by atoms with Gasteiger partial charge in [0.15, 0.2) is 5.65 Å². The minimum atomic E-state index is -0.491. The number of primary amides is 1. The van der Waals surface area contributed by atoms with Crippen LogP contribution in [0.15, 0.2) is 42.9 Å². The Labute approximate surface area is 187 Å². The van der Waals surface area contributed by atoms with Crippen LogP contribution in [0.25, 0.3) is 28.3 Å². The van der Waals surface area contributed by atoms with Gasteiger partial charge in [-0.1, -0.05) is 11.6 Å². The number of nitrogens with zero attached hydrogens (tertiary/aromatic N) is 5. The van der Waals surface area contributed by atoms with Gasteiger partial charge in [-0.25, -0.2) is 18.9 Å². The maximum Gasteiger partial charge on any atom is 0.223 e. The summed E-state index contributed by atoms with van der Waals surface area (Å²) in [6.45, 7) is 1.33. The van der Waals surface area contributed by atoms with Crippen LogP contribution in [0.1, 0.15) is 24.6 Å². The number of fused-ring (bicyclic) bond motifs is 1. The molecule has 1 aromatic carbocycles. The summed E-state index contributed by atoms with van der Waals surface area (Å²) in [6, 6.07) is 8.40. The van der Waals surface area contributed by atoms with Gasteiger partial charge in [0, 0.05) is 24.8 Å². The Kier molecular flexibility index (Phi) is 5.36. The Morgan fingerprint density at radius 3 is 2.78 bits per heavy atom. The predicted molar refractivity (Wildman–Crippen MR) is 117 cm³/mol. The van der Waals surface area contributed by atoms with Crippen molar-refractivity contribution in [1.29, 1.82) is 0 Å². The van der Waals surface area contributed by atoms with Crippen LogP contribution >= 0.6 is 11.6 Å². The van der Waals surface area contributed by atoms with Crippen LogP contribution in [0.4, 0.5) is 4.39 Å². The van der Waals surface area contributed by atoms with Gasteiger partial charge in [-0.2, -0.15) is 5.10 Å². The van der Waals surface area contributed by atoms with E-state index in [0.717, 1.165) is 18.5 Å². The molecule has 0 radical (unpaired) electrons. The van der Waals surface area contributed by atoms with E-state index < -0.39 is 11.7 Å². The van der Waals surface area contributed by atoms with Crippen molar-refractivity contribution >= 4 is 23.2 Å². The van der Waals surface area contributed by atoms with Gasteiger partial charge < -0.3 is 15.0 Å². The van der Waals surface area contributed by atoms with Crippen LogP contribution in [-0.4, -0.2) is 43.3 Å². The average Bonchev–Trinajstić information content (AvgIpc) is 3.40. The molecule has 1 fully saturated rings. The van der Waals surface area contributed by atoms with Crippen molar-refractivity contribution in [1.82, 2.24) is 24.1 Å².